The van der Waals surface area contributed by atoms with Crippen molar-refractivity contribution >= 4 is 29.5 Å². The van der Waals surface area contributed by atoms with E-state index in [0.717, 1.165) is 5.56 Å². The molecule has 9 heteroatoms. The lowest BCUT2D eigenvalue weighted by atomic mass is 10.0. The highest BCUT2D eigenvalue weighted by molar-refractivity contribution is 8.00. The van der Waals surface area contributed by atoms with Crippen molar-refractivity contribution in [3.05, 3.63) is 77.5 Å². The second-order valence-electron chi connectivity index (χ2n) is 7.25. The van der Waals surface area contributed by atoms with E-state index in [1.807, 2.05) is 0 Å². The van der Waals surface area contributed by atoms with Gasteiger partial charge in [-0.05, 0) is 29.3 Å². The maximum atomic E-state index is 12.7. The van der Waals surface area contributed by atoms with Crippen molar-refractivity contribution in [2.45, 2.75) is 24.1 Å². The Kier molecular flexibility index (Phi) is 6.48. The summed E-state index contributed by atoms with van der Waals surface area (Å²) in [7, 11) is 1.57. The number of benzene rings is 2. The number of carbonyl (C=O) groups excluding carboxylic acids is 3. The normalized spacial score (nSPS) is 20.4. The molecule has 0 radical (unpaired) electrons. The van der Waals surface area contributed by atoms with Gasteiger partial charge in [0.05, 0.1) is 7.11 Å². The number of amides is 2. The molecule has 2 aliphatic rings. The van der Waals surface area contributed by atoms with E-state index in [1.54, 1.807) is 67.8 Å². The lowest BCUT2D eigenvalue weighted by Gasteiger charge is -2.48. The molecule has 2 aliphatic heterocycles. The monoisotopic (exact) mass is 454 g/mol. The van der Waals surface area contributed by atoms with Gasteiger partial charge in [0.1, 0.15) is 29.5 Å². The Morgan fingerprint density at radius 1 is 1.19 bits per heavy atom. The van der Waals surface area contributed by atoms with Crippen LogP contribution >= 0.6 is 11.8 Å². The summed E-state index contributed by atoms with van der Waals surface area (Å²) in [6.45, 7) is 0.0590. The minimum Gasteiger partial charge on any atom is -0.497 e. The molecule has 2 aromatic carbocycles. The van der Waals surface area contributed by atoms with E-state index in [0.29, 0.717) is 17.1 Å². The number of esters is 1. The van der Waals surface area contributed by atoms with Gasteiger partial charge in [0.15, 0.2) is 6.10 Å². The predicted molar refractivity (Wildman–Crippen MR) is 117 cm³/mol. The molecular formula is C23H22N2O6S. The third-order valence-electron chi connectivity index (χ3n) is 5.25. The number of methoxy groups -OCH3 is 1. The average Bonchev–Trinajstić information content (AvgIpc) is 2.85. The molecule has 0 aromatic heterocycles. The van der Waals surface area contributed by atoms with Crippen LogP contribution in [0.2, 0.25) is 0 Å². The molecule has 2 aromatic rings. The Balaban J connectivity index is 1.35. The average molecular weight is 455 g/mol. The summed E-state index contributed by atoms with van der Waals surface area (Å²) in [6, 6.07) is 14.8. The number of ether oxygens (including phenoxy) is 2. The number of nitrogens with one attached hydrogen (secondary N) is 1. The molecule has 0 bridgehead atoms. The molecule has 2 heterocycles. The second kappa shape index (κ2) is 9.46. The van der Waals surface area contributed by atoms with Crippen LogP contribution in [0.25, 0.3) is 0 Å². The van der Waals surface area contributed by atoms with Gasteiger partial charge in [-0.2, -0.15) is 0 Å². The van der Waals surface area contributed by atoms with Crippen molar-refractivity contribution in [1.29, 1.82) is 0 Å². The molecule has 0 saturated carbocycles. The first-order chi connectivity index (χ1) is 15.5. The van der Waals surface area contributed by atoms with Gasteiger partial charge < -0.3 is 19.9 Å². The third-order valence-corrected chi connectivity index (χ3v) is 6.43. The SMILES string of the molecule is COc1ccc(COC(=O)C2=CCS[C@H]3C(NC(=O)C(O)c4ccccc4)C(=O)N23)cc1. The summed E-state index contributed by atoms with van der Waals surface area (Å²) >= 11 is 1.42. The molecule has 0 aliphatic carbocycles. The van der Waals surface area contributed by atoms with Crippen molar-refractivity contribution in [1.82, 2.24) is 10.2 Å². The van der Waals surface area contributed by atoms with Crippen LogP contribution < -0.4 is 10.1 Å². The molecule has 32 heavy (non-hydrogen) atoms. The number of aliphatic hydroxyl groups is 1. The van der Waals surface area contributed by atoms with Crippen LogP contribution in [0.3, 0.4) is 0 Å². The minimum atomic E-state index is -1.38. The van der Waals surface area contributed by atoms with Crippen LogP contribution in [0.5, 0.6) is 5.75 Å². The van der Waals surface area contributed by atoms with Crippen LogP contribution in [-0.4, -0.2) is 52.1 Å². The van der Waals surface area contributed by atoms with Gasteiger partial charge in [-0.25, -0.2) is 4.79 Å². The summed E-state index contributed by atoms with van der Waals surface area (Å²) in [5.41, 5.74) is 1.39. The summed E-state index contributed by atoms with van der Waals surface area (Å²) < 4.78 is 10.5. The first kappa shape index (κ1) is 21.9. The van der Waals surface area contributed by atoms with E-state index in [9.17, 15) is 19.5 Å². The quantitative estimate of drug-likeness (QED) is 0.485. The van der Waals surface area contributed by atoms with Crippen molar-refractivity contribution in [3.63, 3.8) is 0 Å². The first-order valence-corrected chi connectivity index (χ1v) is 11.0. The van der Waals surface area contributed by atoms with Crippen molar-refractivity contribution < 1.29 is 29.0 Å². The fourth-order valence-electron chi connectivity index (χ4n) is 3.49. The van der Waals surface area contributed by atoms with Crippen molar-refractivity contribution in [2.75, 3.05) is 12.9 Å². The summed E-state index contributed by atoms with van der Waals surface area (Å²) in [6.07, 6.45) is 0.267. The van der Waals surface area contributed by atoms with E-state index in [2.05, 4.69) is 5.32 Å². The number of rotatable bonds is 7. The first-order valence-electron chi connectivity index (χ1n) is 9.98. The van der Waals surface area contributed by atoms with Crippen LogP contribution in [-0.2, 0) is 25.7 Å². The topological polar surface area (TPSA) is 105 Å². The summed E-state index contributed by atoms with van der Waals surface area (Å²) in [5.74, 6) is -0.480. The van der Waals surface area contributed by atoms with Gasteiger partial charge in [-0.3, -0.25) is 14.5 Å². The summed E-state index contributed by atoms with van der Waals surface area (Å²) in [4.78, 5) is 39.1. The molecule has 2 amide bonds. The lowest BCUT2D eigenvalue weighted by Crippen LogP contribution is -2.70. The number of aliphatic hydroxyl groups excluding tert-OH is 1. The summed E-state index contributed by atoms with van der Waals surface area (Å²) in [5, 5.41) is 12.4. The molecule has 0 spiro atoms. The predicted octanol–water partition coefficient (Wildman–Crippen LogP) is 1.76. The van der Waals surface area contributed by atoms with Crippen molar-refractivity contribution in [2.24, 2.45) is 0 Å². The molecule has 2 unspecified atom stereocenters. The molecular weight excluding hydrogens is 432 g/mol. The number of hydrogen-bond acceptors (Lipinski definition) is 7. The van der Waals surface area contributed by atoms with Gasteiger partial charge in [0, 0.05) is 5.75 Å². The number of nitrogens with zero attached hydrogens (tertiary/aromatic N) is 1. The third kappa shape index (κ3) is 4.35. The van der Waals surface area contributed by atoms with Gasteiger partial charge >= 0.3 is 5.97 Å². The highest BCUT2D eigenvalue weighted by Gasteiger charge is 2.53. The van der Waals surface area contributed by atoms with E-state index in [-0.39, 0.29) is 12.3 Å². The standard InChI is InChI=1S/C23H22N2O6S/c1-30-16-9-7-14(8-10-16)13-31-23(29)17-11-12-32-22-18(21(28)25(17)22)24-20(27)19(26)15-5-3-2-4-6-15/h2-11,18-19,22,26H,12-13H2,1H3,(H,24,27)/t18?,19?,22-/m0/s1. The Morgan fingerprint density at radius 2 is 1.91 bits per heavy atom. The fourth-order valence-corrected chi connectivity index (χ4v) is 4.69. The zero-order valence-electron chi connectivity index (χ0n) is 17.3. The highest BCUT2D eigenvalue weighted by atomic mass is 32.2. The molecule has 3 atom stereocenters. The van der Waals surface area contributed by atoms with Crippen LogP contribution in [0.4, 0.5) is 0 Å². The van der Waals surface area contributed by atoms with Crippen LogP contribution in [0.1, 0.15) is 17.2 Å². The molecule has 2 N–H and O–H groups in total. The number of thioether (sulfide) groups is 1. The van der Waals surface area contributed by atoms with E-state index >= 15 is 0 Å². The van der Waals surface area contributed by atoms with Crippen molar-refractivity contribution in [3.8, 4) is 5.75 Å². The molecule has 1 saturated heterocycles. The highest BCUT2D eigenvalue weighted by Crippen LogP contribution is 2.38. The smallest absolute Gasteiger partial charge is 0.355 e. The lowest BCUT2D eigenvalue weighted by molar-refractivity contribution is -0.154. The van der Waals surface area contributed by atoms with Crippen LogP contribution in [0.15, 0.2) is 66.4 Å². The Bertz CT molecular complexity index is 1040. The number of β-lactam (4-membered cyclic amide) rings is 1. The zero-order valence-corrected chi connectivity index (χ0v) is 18.1. The van der Waals surface area contributed by atoms with Crippen LogP contribution in [0, 0.1) is 0 Å². The maximum Gasteiger partial charge on any atom is 0.355 e. The molecule has 4 rings (SSSR count). The van der Waals surface area contributed by atoms with Gasteiger partial charge in [0.2, 0.25) is 0 Å². The number of hydrogen-bond donors (Lipinski definition) is 2. The van der Waals surface area contributed by atoms with Gasteiger partial charge in [0.25, 0.3) is 11.8 Å². The fraction of sp³-hybridized carbons (Fsp3) is 0.261. The Morgan fingerprint density at radius 3 is 2.59 bits per heavy atom. The zero-order chi connectivity index (χ0) is 22.7. The van der Waals surface area contributed by atoms with E-state index < -0.39 is 35.3 Å². The minimum absolute atomic E-state index is 0.0590. The molecule has 8 nitrogen and oxygen atoms in total. The van der Waals surface area contributed by atoms with Gasteiger partial charge in [-0.15, -0.1) is 11.8 Å². The molecule has 1 fully saturated rings. The largest absolute Gasteiger partial charge is 0.497 e. The Labute approximate surface area is 189 Å². The second-order valence-corrected chi connectivity index (χ2v) is 8.39. The number of fused-ring (bicyclic) bond motifs is 1. The number of carbonyl (C=O) groups is 3. The van der Waals surface area contributed by atoms with E-state index in [1.165, 1.54) is 16.7 Å². The molecule has 166 valence electrons. The van der Waals surface area contributed by atoms with E-state index in [4.69, 9.17) is 9.47 Å². The maximum absolute atomic E-state index is 12.7. The van der Waals surface area contributed by atoms with Gasteiger partial charge in [-0.1, -0.05) is 42.5 Å². The Hall–Kier alpha value is -3.30.